The number of aryl methyl sites for hydroxylation is 1. The lowest BCUT2D eigenvalue weighted by Crippen LogP contribution is -1.82. The first-order valence-electron chi connectivity index (χ1n) is 4.18. The van der Waals surface area contributed by atoms with Gasteiger partial charge >= 0.3 is 0 Å². The summed E-state index contributed by atoms with van der Waals surface area (Å²) in [6.45, 7) is 6.04. The van der Waals surface area contributed by atoms with Crippen LogP contribution in [-0.4, -0.2) is 6.41 Å². The summed E-state index contributed by atoms with van der Waals surface area (Å²) in [5.74, 6) is 0. The minimum Gasteiger partial charge on any atom is -0.399 e. The van der Waals surface area contributed by atoms with Crippen LogP contribution in [0.25, 0.3) is 0 Å². The molecule has 4 N–H and O–H groups in total. The van der Waals surface area contributed by atoms with E-state index in [1.54, 1.807) is 0 Å². The smallest absolute Gasteiger partial charge is 0.204 e. The second kappa shape index (κ2) is 10.5. The first kappa shape index (κ1) is 14.0. The Morgan fingerprint density at radius 1 is 1.15 bits per heavy atom. The van der Waals surface area contributed by atoms with Gasteiger partial charge in [0.1, 0.15) is 0 Å². The molecule has 0 saturated carbocycles. The average Bonchev–Trinajstić information content (AvgIpc) is 2.15. The van der Waals surface area contributed by atoms with Gasteiger partial charge in [-0.2, -0.15) is 0 Å². The van der Waals surface area contributed by atoms with E-state index in [-0.39, 0.29) is 6.41 Å². The van der Waals surface area contributed by atoms with Crippen LogP contribution in [0.15, 0.2) is 24.3 Å². The van der Waals surface area contributed by atoms with Crippen molar-refractivity contribution in [1.29, 1.82) is 0 Å². The molecule has 0 radical (unpaired) electrons. The minimum atomic E-state index is 0.250. The number of nitrogen functional groups attached to an aromatic ring is 1. The number of carbonyl (C=O) groups is 1. The molecule has 0 atom stereocenters. The summed E-state index contributed by atoms with van der Waals surface area (Å²) < 4.78 is 0. The second-order valence-corrected chi connectivity index (χ2v) is 2.05. The summed E-state index contributed by atoms with van der Waals surface area (Å²) >= 11 is 0. The maximum Gasteiger partial charge on any atom is 0.204 e. The lowest BCUT2D eigenvalue weighted by Gasteiger charge is -1.90. The van der Waals surface area contributed by atoms with Gasteiger partial charge in [0.2, 0.25) is 6.41 Å². The number of nitrogens with two attached hydrogens (primary N) is 2. The van der Waals surface area contributed by atoms with Crippen LogP contribution in [0.5, 0.6) is 0 Å². The van der Waals surface area contributed by atoms with E-state index in [2.05, 4.69) is 5.73 Å². The van der Waals surface area contributed by atoms with E-state index in [0.717, 1.165) is 5.69 Å². The number of hydrogen-bond acceptors (Lipinski definition) is 2. The summed E-state index contributed by atoms with van der Waals surface area (Å²) in [4.78, 5) is 8.58. The van der Waals surface area contributed by atoms with Crippen molar-refractivity contribution in [3.8, 4) is 0 Å². The first-order chi connectivity index (χ1) is 6.20. The average molecular weight is 182 g/mol. The quantitative estimate of drug-likeness (QED) is 0.473. The fraction of sp³-hybridized carbons (Fsp3) is 0.300. The van der Waals surface area contributed by atoms with Gasteiger partial charge in [0.15, 0.2) is 0 Å². The first-order valence-corrected chi connectivity index (χ1v) is 4.18. The molecule has 1 aromatic rings. The highest BCUT2D eigenvalue weighted by atomic mass is 16.1. The highest BCUT2D eigenvalue weighted by Gasteiger charge is 1.80. The Hall–Kier alpha value is -1.51. The lowest BCUT2D eigenvalue weighted by molar-refractivity contribution is -0.106. The van der Waals surface area contributed by atoms with Gasteiger partial charge in [0, 0.05) is 5.69 Å². The third kappa shape index (κ3) is 10.5. The highest BCUT2D eigenvalue weighted by molar-refractivity contribution is 5.42. The molecule has 13 heavy (non-hydrogen) atoms. The third-order valence-corrected chi connectivity index (χ3v) is 1.08. The number of benzene rings is 1. The topological polar surface area (TPSA) is 69.1 Å². The van der Waals surface area contributed by atoms with Crippen molar-refractivity contribution in [2.24, 2.45) is 5.73 Å². The molecule has 0 saturated heterocycles. The molecule has 0 bridgehead atoms. The van der Waals surface area contributed by atoms with Gasteiger partial charge in [-0.25, -0.2) is 0 Å². The third-order valence-electron chi connectivity index (χ3n) is 1.08. The number of primary amides is 1. The van der Waals surface area contributed by atoms with Crippen molar-refractivity contribution in [3.05, 3.63) is 29.8 Å². The van der Waals surface area contributed by atoms with Gasteiger partial charge in [-0.05, 0) is 19.1 Å². The van der Waals surface area contributed by atoms with Crippen LogP contribution in [0, 0.1) is 6.92 Å². The van der Waals surface area contributed by atoms with Crippen molar-refractivity contribution in [2.45, 2.75) is 20.8 Å². The monoisotopic (exact) mass is 182 g/mol. The van der Waals surface area contributed by atoms with E-state index < -0.39 is 0 Å². The highest BCUT2D eigenvalue weighted by Crippen LogP contribution is 2.02. The number of amides is 1. The van der Waals surface area contributed by atoms with Gasteiger partial charge in [0.25, 0.3) is 0 Å². The molecule has 1 amide bonds. The van der Waals surface area contributed by atoms with Gasteiger partial charge in [-0.1, -0.05) is 31.5 Å². The zero-order valence-corrected chi connectivity index (χ0v) is 8.45. The standard InChI is InChI=1S/C7H9N.C2H6.CH3NO/c1-6-2-4-7(8)5-3-6;1-2;2-1-3/h2-5H,8H2,1H3;1-2H3;1H,(H2,2,3). The summed E-state index contributed by atoms with van der Waals surface area (Å²) in [7, 11) is 0. The Morgan fingerprint density at radius 3 is 1.69 bits per heavy atom. The van der Waals surface area contributed by atoms with E-state index in [1.807, 2.05) is 45.0 Å². The van der Waals surface area contributed by atoms with Crippen LogP contribution in [0.2, 0.25) is 0 Å². The van der Waals surface area contributed by atoms with Gasteiger partial charge in [-0.3, -0.25) is 4.79 Å². The normalized spacial score (nSPS) is 7.00. The molecule has 74 valence electrons. The number of rotatable bonds is 0. The number of hydrogen-bond donors (Lipinski definition) is 2. The Kier molecular flexibility index (Phi) is 11.3. The number of carbonyl (C=O) groups excluding carboxylic acids is 1. The molecule has 3 nitrogen and oxygen atoms in total. The predicted octanol–water partition coefficient (Wildman–Crippen LogP) is 1.70. The van der Waals surface area contributed by atoms with E-state index in [4.69, 9.17) is 10.5 Å². The minimum absolute atomic E-state index is 0.250. The molecule has 1 aromatic carbocycles. The van der Waals surface area contributed by atoms with Crippen LogP contribution in [0.3, 0.4) is 0 Å². The zero-order valence-electron chi connectivity index (χ0n) is 8.45. The van der Waals surface area contributed by atoms with Crippen LogP contribution in [-0.2, 0) is 4.79 Å². The maximum absolute atomic E-state index is 8.58. The van der Waals surface area contributed by atoms with E-state index in [1.165, 1.54) is 5.56 Å². The molecule has 1 rings (SSSR count). The fourth-order valence-corrected chi connectivity index (χ4v) is 0.566. The van der Waals surface area contributed by atoms with Crippen molar-refractivity contribution in [1.82, 2.24) is 0 Å². The summed E-state index contributed by atoms with van der Waals surface area (Å²) in [5, 5.41) is 0. The van der Waals surface area contributed by atoms with Crippen LogP contribution >= 0.6 is 0 Å². The fourth-order valence-electron chi connectivity index (χ4n) is 0.566. The molecule has 0 spiro atoms. The predicted molar refractivity (Wildman–Crippen MR) is 57.2 cm³/mol. The molecule has 0 aliphatic rings. The Balaban J connectivity index is 0. The van der Waals surface area contributed by atoms with Crippen molar-refractivity contribution in [2.75, 3.05) is 5.73 Å². The Bertz CT molecular complexity index is 186. The van der Waals surface area contributed by atoms with Crippen molar-refractivity contribution in [3.63, 3.8) is 0 Å². The Labute approximate surface area is 79.7 Å². The summed E-state index contributed by atoms with van der Waals surface area (Å²) in [5.41, 5.74) is 11.7. The molecule has 3 heteroatoms. The zero-order chi connectivity index (χ0) is 10.7. The van der Waals surface area contributed by atoms with Crippen LogP contribution in [0.4, 0.5) is 5.69 Å². The van der Waals surface area contributed by atoms with Gasteiger partial charge in [0.05, 0.1) is 0 Å². The second-order valence-electron chi connectivity index (χ2n) is 2.05. The lowest BCUT2D eigenvalue weighted by atomic mass is 10.2. The van der Waals surface area contributed by atoms with Gasteiger partial charge in [-0.15, -0.1) is 0 Å². The van der Waals surface area contributed by atoms with Crippen LogP contribution < -0.4 is 11.5 Å². The van der Waals surface area contributed by atoms with E-state index >= 15 is 0 Å². The van der Waals surface area contributed by atoms with Crippen LogP contribution in [0.1, 0.15) is 19.4 Å². The number of anilines is 1. The van der Waals surface area contributed by atoms with Crippen molar-refractivity contribution >= 4 is 12.1 Å². The van der Waals surface area contributed by atoms with E-state index in [0.29, 0.717) is 0 Å². The molecule has 0 unspecified atom stereocenters. The van der Waals surface area contributed by atoms with E-state index in [9.17, 15) is 0 Å². The largest absolute Gasteiger partial charge is 0.399 e. The molecular formula is C10H18N2O. The van der Waals surface area contributed by atoms with Gasteiger partial charge < -0.3 is 11.5 Å². The maximum atomic E-state index is 8.58. The molecule has 0 fully saturated rings. The SMILES string of the molecule is CC.Cc1ccc(N)cc1.NC=O. The van der Waals surface area contributed by atoms with Crippen molar-refractivity contribution < 1.29 is 4.79 Å². The molecule has 0 aliphatic heterocycles. The molecule has 0 aliphatic carbocycles. The molecule has 0 heterocycles. The molecule has 0 aromatic heterocycles. The molecular weight excluding hydrogens is 164 g/mol. The summed E-state index contributed by atoms with van der Waals surface area (Å²) in [6.07, 6.45) is 0.250. The summed E-state index contributed by atoms with van der Waals surface area (Å²) in [6, 6.07) is 7.79. The Morgan fingerprint density at radius 2 is 1.46 bits per heavy atom.